The number of hydrogen-bond acceptors (Lipinski definition) is 9. The zero-order valence-electron chi connectivity index (χ0n) is 23.9. The van der Waals surface area contributed by atoms with Gasteiger partial charge in [-0.1, -0.05) is 36.0 Å². The smallest absolute Gasteiger partial charge is 0.497 e. The third-order valence-electron chi connectivity index (χ3n) is 6.66. The van der Waals surface area contributed by atoms with Crippen molar-refractivity contribution in [3.05, 3.63) is 84.2 Å². The maximum Gasteiger partial charge on any atom is 0.573 e. The monoisotopic (exact) mass is 626 g/mol. The van der Waals surface area contributed by atoms with Crippen molar-refractivity contribution in [1.29, 1.82) is 0 Å². The SMILES string of the molecule is COc1ccc(N2C(=O)CS/C2=N\C(O)NC(C)Cc2ccc(-c3ncn(-c4ccc(OC(F)(F)F)cc4)n3)cc2)c(C)c1. The van der Waals surface area contributed by atoms with Crippen LogP contribution in [-0.2, 0) is 11.2 Å². The quantitative estimate of drug-likeness (QED) is 0.234. The number of benzene rings is 3. The number of rotatable bonds is 10. The van der Waals surface area contributed by atoms with Gasteiger partial charge < -0.3 is 14.6 Å². The van der Waals surface area contributed by atoms with Gasteiger partial charge in [0.05, 0.1) is 24.2 Å². The summed E-state index contributed by atoms with van der Waals surface area (Å²) in [5.41, 5.74) is 3.82. The second kappa shape index (κ2) is 13.1. The minimum absolute atomic E-state index is 0.116. The van der Waals surface area contributed by atoms with E-state index in [9.17, 15) is 23.1 Å². The summed E-state index contributed by atoms with van der Waals surface area (Å²) in [7, 11) is 1.58. The van der Waals surface area contributed by atoms with Crippen molar-refractivity contribution >= 4 is 28.5 Å². The van der Waals surface area contributed by atoms with Crippen LogP contribution < -0.4 is 19.7 Å². The zero-order valence-corrected chi connectivity index (χ0v) is 24.8. The van der Waals surface area contributed by atoms with Gasteiger partial charge in [-0.15, -0.1) is 18.3 Å². The number of amidine groups is 1. The van der Waals surface area contributed by atoms with Crippen molar-refractivity contribution < 1.29 is 32.5 Å². The first-order valence-electron chi connectivity index (χ1n) is 13.5. The van der Waals surface area contributed by atoms with Gasteiger partial charge in [-0.05, 0) is 73.9 Å². The van der Waals surface area contributed by atoms with Crippen LogP contribution in [0.1, 0.15) is 18.1 Å². The van der Waals surface area contributed by atoms with Gasteiger partial charge in [-0.3, -0.25) is 15.0 Å². The highest BCUT2D eigenvalue weighted by atomic mass is 32.2. The molecule has 2 unspecified atom stereocenters. The fourth-order valence-corrected chi connectivity index (χ4v) is 5.50. The van der Waals surface area contributed by atoms with Gasteiger partial charge in [0.15, 0.2) is 11.0 Å². The molecule has 1 aliphatic heterocycles. The number of hydrogen-bond donors (Lipinski definition) is 2. The Morgan fingerprint density at radius 1 is 1.09 bits per heavy atom. The number of halogens is 3. The predicted molar refractivity (Wildman–Crippen MR) is 161 cm³/mol. The molecule has 0 bridgehead atoms. The van der Waals surface area contributed by atoms with Crippen LogP contribution in [0.4, 0.5) is 18.9 Å². The number of carbonyl (C=O) groups is 1. The van der Waals surface area contributed by atoms with Gasteiger partial charge in [-0.25, -0.2) is 14.7 Å². The summed E-state index contributed by atoms with van der Waals surface area (Å²) in [5, 5.41) is 18.6. The summed E-state index contributed by atoms with van der Waals surface area (Å²) < 4.78 is 47.8. The number of aliphatic imine (C=N–C) groups is 1. The molecule has 230 valence electrons. The number of carbonyl (C=O) groups excluding carboxylic acids is 1. The second-order valence-electron chi connectivity index (χ2n) is 9.98. The number of nitrogens with zero attached hydrogens (tertiary/aromatic N) is 5. The molecular formula is C30H29F3N6O4S. The molecule has 44 heavy (non-hydrogen) atoms. The topological polar surface area (TPSA) is 114 Å². The Bertz CT molecular complexity index is 1640. The van der Waals surface area contributed by atoms with Gasteiger partial charge in [0.2, 0.25) is 12.3 Å². The Morgan fingerprint density at radius 2 is 1.80 bits per heavy atom. The van der Waals surface area contributed by atoms with E-state index < -0.39 is 12.7 Å². The number of alkyl halides is 3. The molecule has 0 saturated carbocycles. The molecule has 1 fully saturated rings. The normalized spacial score (nSPS) is 15.9. The predicted octanol–water partition coefficient (Wildman–Crippen LogP) is 5.08. The lowest BCUT2D eigenvalue weighted by atomic mass is 10.0. The fraction of sp³-hybridized carbons (Fsp3) is 0.267. The number of ether oxygens (including phenoxy) is 2. The zero-order chi connectivity index (χ0) is 31.4. The highest BCUT2D eigenvalue weighted by Gasteiger charge is 2.32. The van der Waals surface area contributed by atoms with Gasteiger partial charge in [0.1, 0.15) is 17.8 Å². The summed E-state index contributed by atoms with van der Waals surface area (Å²) >= 11 is 1.27. The van der Waals surface area contributed by atoms with Crippen LogP contribution in [0.2, 0.25) is 0 Å². The van der Waals surface area contributed by atoms with Crippen LogP contribution in [0.3, 0.4) is 0 Å². The number of aliphatic hydroxyl groups excluding tert-OH is 1. The van der Waals surface area contributed by atoms with Crippen LogP contribution in [0.15, 0.2) is 78.0 Å². The Morgan fingerprint density at radius 3 is 2.45 bits per heavy atom. The molecule has 0 radical (unpaired) electrons. The summed E-state index contributed by atoms with van der Waals surface area (Å²) in [4.78, 5) is 22.8. The molecular weight excluding hydrogens is 597 g/mol. The number of aromatic nitrogens is 3. The van der Waals surface area contributed by atoms with E-state index in [0.717, 1.165) is 16.7 Å². The largest absolute Gasteiger partial charge is 0.573 e. The highest BCUT2D eigenvalue weighted by Crippen LogP contribution is 2.32. The second-order valence-corrected chi connectivity index (χ2v) is 10.9. The maximum absolute atomic E-state index is 12.6. The third-order valence-corrected chi connectivity index (χ3v) is 7.59. The molecule has 4 aromatic rings. The standard InChI is InChI=1S/C30H29F3N6O4S/c1-18-14-24(42-3)12-13-25(18)39-26(40)16-44-29(39)36-28(41)35-19(2)15-20-4-6-21(7-5-20)27-34-17-38(37-27)22-8-10-23(11-9-22)43-30(31,32)33/h4-14,17,19,28,35,41H,15-16H2,1-3H3/b36-29-. The molecule has 1 aromatic heterocycles. The van der Waals surface area contributed by atoms with E-state index in [1.54, 1.807) is 19.2 Å². The average Bonchev–Trinajstić information content (AvgIpc) is 3.60. The van der Waals surface area contributed by atoms with Crippen molar-refractivity contribution in [2.45, 2.75) is 39.0 Å². The van der Waals surface area contributed by atoms with Crippen LogP contribution in [-0.4, -0.2) is 62.6 Å². The molecule has 2 atom stereocenters. The molecule has 10 nitrogen and oxygen atoms in total. The first kappa shape index (κ1) is 31.0. The third kappa shape index (κ3) is 7.56. The van der Waals surface area contributed by atoms with Gasteiger partial charge in [0.25, 0.3) is 0 Å². The number of methoxy groups -OCH3 is 1. The number of aryl methyl sites for hydroxylation is 1. The van der Waals surface area contributed by atoms with Crippen molar-refractivity contribution in [2.24, 2.45) is 4.99 Å². The number of nitrogens with one attached hydrogen (secondary N) is 1. The minimum atomic E-state index is -4.76. The Labute approximate surface area is 255 Å². The van der Waals surface area contributed by atoms with Gasteiger partial charge in [-0.2, -0.15) is 0 Å². The van der Waals surface area contributed by atoms with Crippen molar-refractivity contribution in [1.82, 2.24) is 20.1 Å². The molecule has 0 aliphatic carbocycles. The summed E-state index contributed by atoms with van der Waals surface area (Å²) in [5.74, 6) is 0.930. The van der Waals surface area contributed by atoms with Crippen LogP contribution in [0.25, 0.3) is 17.1 Å². The highest BCUT2D eigenvalue weighted by molar-refractivity contribution is 8.15. The van der Waals surface area contributed by atoms with Crippen LogP contribution in [0, 0.1) is 6.92 Å². The van der Waals surface area contributed by atoms with Crippen LogP contribution in [0.5, 0.6) is 11.5 Å². The Balaban J connectivity index is 1.18. The lowest BCUT2D eigenvalue weighted by molar-refractivity contribution is -0.274. The number of thioether (sulfide) groups is 1. The van der Waals surface area contributed by atoms with E-state index in [0.29, 0.717) is 34.5 Å². The van der Waals surface area contributed by atoms with Crippen molar-refractivity contribution in [2.75, 3.05) is 17.8 Å². The van der Waals surface area contributed by atoms with Crippen molar-refractivity contribution in [3.63, 3.8) is 0 Å². The number of aliphatic hydroxyl groups is 1. The van der Waals surface area contributed by atoms with Crippen molar-refractivity contribution in [3.8, 4) is 28.6 Å². The molecule has 5 rings (SSSR count). The molecule has 0 spiro atoms. The minimum Gasteiger partial charge on any atom is -0.497 e. The van der Waals surface area contributed by atoms with E-state index in [2.05, 4.69) is 25.1 Å². The Hall–Kier alpha value is -4.40. The number of anilines is 1. The maximum atomic E-state index is 12.6. The first-order valence-corrected chi connectivity index (χ1v) is 14.5. The van der Waals surface area contributed by atoms with Gasteiger partial charge >= 0.3 is 6.36 Å². The van der Waals surface area contributed by atoms with E-state index in [1.165, 1.54) is 51.9 Å². The van der Waals surface area contributed by atoms with E-state index in [-0.39, 0.29) is 23.5 Å². The van der Waals surface area contributed by atoms with E-state index >= 15 is 0 Å². The average molecular weight is 627 g/mol. The molecule has 2 heterocycles. The van der Waals surface area contributed by atoms with Crippen LogP contribution >= 0.6 is 11.8 Å². The molecule has 3 aromatic carbocycles. The summed E-state index contributed by atoms with van der Waals surface area (Å²) in [6.07, 6.45) is -3.91. The van der Waals surface area contributed by atoms with E-state index in [4.69, 9.17) is 4.74 Å². The van der Waals surface area contributed by atoms with E-state index in [1.807, 2.05) is 44.2 Å². The molecule has 1 aliphatic rings. The summed E-state index contributed by atoms with van der Waals surface area (Å²) in [6, 6.07) is 18.2. The summed E-state index contributed by atoms with van der Waals surface area (Å²) in [6.45, 7) is 3.80. The lowest BCUT2D eigenvalue weighted by Crippen LogP contribution is -2.38. The van der Waals surface area contributed by atoms with Gasteiger partial charge in [0, 0.05) is 11.6 Å². The fourth-order valence-electron chi connectivity index (χ4n) is 4.62. The molecule has 1 amide bonds. The lowest BCUT2D eigenvalue weighted by Gasteiger charge is -2.21. The molecule has 14 heteroatoms. The first-order chi connectivity index (χ1) is 21.0. The molecule has 1 saturated heterocycles. The Kier molecular flexibility index (Phi) is 9.22. The number of amides is 1. The molecule has 2 N–H and O–H groups in total.